The second-order valence-electron chi connectivity index (χ2n) is 6.69. The molecule has 2 heterocycles. The molecule has 0 spiro atoms. The molecule has 0 fully saturated rings. The molecule has 0 unspecified atom stereocenters. The van der Waals surface area contributed by atoms with Crippen molar-refractivity contribution in [2.24, 2.45) is 5.92 Å². The number of nitrogens with one attached hydrogen (secondary N) is 1. The number of non-ortho nitro benzene ring substituents is 1. The number of fused-ring (bicyclic) bond motifs is 1. The van der Waals surface area contributed by atoms with Gasteiger partial charge in [-0.3, -0.25) is 14.9 Å². The Morgan fingerprint density at radius 2 is 2.11 bits per heavy atom. The van der Waals surface area contributed by atoms with E-state index in [9.17, 15) is 14.9 Å². The molecular weight excluding hydrogens is 380 g/mol. The first kappa shape index (κ1) is 19.6. The first-order valence-corrected chi connectivity index (χ1v) is 9.43. The summed E-state index contributed by atoms with van der Waals surface area (Å²) in [6, 6.07) is 7.79. The lowest BCUT2D eigenvalue weighted by atomic mass is 10.1. The fraction of sp³-hybridized carbons (Fsp3) is 0.263. The lowest BCUT2D eigenvalue weighted by molar-refractivity contribution is -0.384. The minimum atomic E-state index is -0.529. The summed E-state index contributed by atoms with van der Waals surface area (Å²) in [5, 5.41) is 14.3. The molecule has 3 N–H and O–H groups in total. The van der Waals surface area contributed by atoms with E-state index in [4.69, 9.17) is 10.5 Å². The van der Waals surface area contributed by atoms with Crippen LogP contribution in [0.4, 0.5) is 17.1 Å². The molecule has 3 aromatic rings. The molecule has 2 aromatic heterocycles. The molecular formula is C19H20N4O4S. The molecule has 0 aliphatic heterocycles. The summed E-state index contributed by atoms with van der Waals surface area (Å²) in [7, 11) is 1.38. The standard InChI is InChI=1S/C19H20N4O4S/c1-10(2)8-11-4-6-13-16(20)17(28-19(13)21-11)18(24)22-14-7-5-12(23(25)26)9-15(14)27-3/h4-7,9-10H,8,20H2,1-3H3,(H,22,24). The number of ether oxygens (including phenoxy) is 1. The number of benzene rings is 1. The number of nitrogens with zero attached hydrogens (tertiary/aromatic N) is 2. The second kappa shape index (κ2) is 7.81. The molecule has 1 aromatic carbocycles. The van der Waals surface area contributed by atoms with Crippen LogP contribution >= 0.6 is 11.3 Å². The first-order chi connectivity index (χ1) is 13.3. The van der Waals surface area contributed by atoms with Crippen LogP contribution in [0.2, 0.25) is 0 Å². The van der Waals surface area contributed by atoms with Crippen LogP contribution < -0.4 is 15.8 Å². The molecule has 0 aliphatic carbocycles. The average Bonchev–Trinajstić information content (AvgIpc) is 2.97. The number of thiophene rings is 1. The molecule has 8 nitrogen and oxygen atoms in total. The Balaban J connectivity index is 1.91. The topological polar surface area (TPSA) is 120 Å². The molecule has 28 heavy (non-hydrogen) atoms. The summed E-state index contributed by atoms with van der Waals surface area (Å²) in [6.45, 7) is 4.23. The van der Waals surface area contributed by atoms with Crippen LogP contribution in [0, 0.1) is 16.0 Å². The van der Waals surface area contributed by atoms with Crippen molar-refractivity contribution in [1.29, 1.82) is 0 Å². The number of anilines is 2. The van der Waals surface area contributed by atoms with Gasteiger partial charge in [-0.1, -0.05) is 13.8 Å². The van der Waals surface area contributed by atoms with Crippen molar-refractivity contribution in [1.82, 2.24) is 4.98 Å². The lowest BCUT2D eigenvalue weighted by Crippen LogP contribution is -2.12. The Morgan fingerprint density at radius 3 is 2.75 bits per heavy atom. The Labute approximate surface area is 165 Å². The van der Waals surface area contributed by atoms with Crippen LogP contribution in [-0.2, 0) is 6.42 Å². The number of nitro benzene ring substituents is 1. The maximum atomic E-state index is 12.8. The van der Waals surface area contributed by atoms with Gasteiger partial charge in [-0.2, -0.15) is 0 Å². The van der Waals surface area contributed by atoms with Gasteiger partial charge >= 0.3 is 0 Å². The predicted molar refractivity (Wildman–Crippen MR) is 110 cm³/mol. The number of amides is 1. The molecule has 0 atom stereocenters. The fourth-order valence-electron chi connectivity index (χ4n) is 2.81. The lowest BCUT2D eigenvalue weighted by Gasteiger charge is -2.09. The minimum absolute atomic E-state index is 0.127. The number of nitrogen functional groups attached to an aromatic ring is 1. The van der Waals surface area contributed by atoms with Crippen molar-refractivity contribution in [3.8, 4) is 5.75 Å². The molecule has 0 saturated carbocycles. The van der Waals surface area contributed by atoms with E-state index in [0.717, 1.165) is 17.5 Å². The maximum absolute atomic E-state index is 12.8. The normalized spacial score (nSPS) is 11.0. The van der Waals surface area contributed by atoms with Gasteiger partial charge in [-0.25, -0.2) is 4.98 Å². The second-order valence-corrected chi connectivity index (χ2v) is 7.69. The van der Waals surface area contributed by atoms with Crippen LogP contribution in [0.25, 0.3) is 10.2 Å². The van der Waals surface area contributed by atoms with Crippen LogP contribution in [0.15, 0.2) is 30.3 Å². The largest absolute Gasteiger partial charge is 0.494 e. The molecule has 0 bridgehead atoms. The third kappa shape index (κ3) is 3.89. The zero-order valence-corrected chi connectivity index (χ0v) is 16.5. The van der Waals surface area contributed by atoms with Crippen molar-refractivity contribution in [2.45, 2.75) is 20.3 Å². The monoisotopic (exact) mass is 400 g/mol. The van der Waals surface area contributed by atoms with Gasteiger partial charge in [0.25, 0.3) is 11.6 Å². The van der Waals surface area contributed by atoms with Crippen molar-refractivity contribution >= 4 is 44.5 Å². The zero-order chi connectivity index (χ0) is 20.4. The molecule has 0 aliphatic rings. The zero-order valence-electron chi connectivity index (χ0n) is 15.7. The Hall–Kier alpha value is -3.20. The Kier molecular flexibility index (Phi) is 5.46. The van der Waals surface area contributed by atoms with E-state index in [1.165, 1.54) is 36.6 Å². The van der Waals surface area contributed by atoms with Crippen molar-refractivity contribution in [2.75, 3.05) is 18.2 Å². The number of methoxy groups -OCH3 is 1. The van der Waals surface area contributed by atoms with E-state index in [0.29, 0.717) is 27.0 Å². The highest BCUT2D eigenvalue weighted by Gasteiger charge is 2.20. The molecule has 0 saturated heterocycles. The summed E-state index contributed by atoms with van der Waals surface area (Å²) in [5.74, 6) is 0.247. The Bertz CT molecular complexity index is 1060. The number of nitrogens with two attached hydrogens (primary N) is 1. The van der Waals surface area contributed by atoms with E-state index in [-0.39, 0.29) is 11.4 Å². The van der Waals surface area contributed by atoms with Crippen molar-refractivity contribution in [3.05, 3.63) is 51.0 Å². The minimum Gasteiger partial charge on any atom is -0.494 e. The highest BCUT2D eigenvalue weighted by Crippen LogP contribution is 2.35. The van der Waals surface area contributed by atoms with Gasteiger partial charge in [0.2, 0.25) is 0 Å². The smallest absolute Gasteiger partial charge is 0.273 e. The van der Waals surface area contributed by atoms with E-state index in [2.05, 4.69) is 24.1 Å². The third-order valence-corrected chi connectivity index (χ3v) is 5.23. The van der Waals surface area contributed by atoms with Crippen molar-refractivity contribution in [3.63, 3.8) is 0 Å². The summed E-state index contributed by atoms with van der Waals surface area (Å²) in [4.78, 5) is 28.8. The summed E-state index contributed by atoms with van der Waals surface area (Å²) in [5.41, 5.74) is 7.68. The van der Waals surface area contributed by atoms with Crippen LogP contribution in [0.1, 0.15) is 29.2 Å². The first-order valence-electron chi connectivity index (χ1n) is 8.61. The van der Waals surface area contributed by atoms with Crippen molar-refractivity contribution < 1.29 is 14.5 Å². The number of carbonyl (C=O) groups excluding carboxylic acids is 1. The van der Waals surface area contributed by atoms with Gasteiger partial charge in [-0.15, -0.1) is 11.3 Å². The number of pyridine rings is 1. The number of aromatic nitrogens is 1. The van der Waals surface area contributed by atoms with Crippen LogP contribution in [0.3, 0.4) is 0 Å². The van der Waals surface area contributed by atoms with Crippen LogP contribution in [0.5, 0.6) is 5.75 Å². The van der Waals surface area contributed by atoms with E-state index in [1.807, 2.05) is 12.1 Å². The number of rotatable bonds is 6. The number of hydrogen-bond acceptors (Lipinski definition) is 7. The molecule has 1 amide bonds. The highest BCUT2D eigenvalue weighted by molar-refractivity contribution is 7.21. The number of carbonyl (C=O) groups is 1. The van der Waals surface area contributed by atoms with Gasteiger partial charge < -0.3 is 15.8 Å². The van der Waals surface area contributed by atoms with E-state index in [1.54, 1.807) is 0 Å². The number of nitro groups is 1. The molecule has 3 rings (SSSR count). The third-order valence-electron chi connectivity index (χ3n) is 4.12. The van der Waals surface area contributed by atoms with Gasteiger partial charge in [0.1, 0.15) is 15.5 Å². The summed E-state index contributed by atoms with van der Waals surface area (Å²) >= 11 is 1.22. The molecule has 146 valence electrons. The van der Waals surface area contributed by atoms with Gasteiger partial charge in [0.15, 0.2) is 0 Å². The SMILES string of the molecule is COc1cc([N+](=O)[O-])ccc1NC(=O)c1sc2nc(CC(C)C)ccc2c1N. The quantitative estimate of drug-likeness (QED) is 0.471. The molecule has 9 heteroatoms. The van der Waals surface area contributed by atoms with E-state index < -0.39 is 10.8 Å². The highest BCUT2D eigenvalue weighted by atomic mass is 32.1. The average molecular weight is 400 g/mol. The maximum Gasteiger partial charge on any atom is 0.273 e. The predicted octanol–water partition coefficient (Wildman–Crippen LogP) is 4.25. The van der Waals surface area contributed by atoms with E-state index >= 15 is 0 Å². The number of hydrogen-bond donors (Lipinski definition) is 2. The molecule has 0 radical (unpaired) electrons. The van der Waals surface area contributed by atoms with Gasteiger partial charge in [-0.05, 0) is 30.5 Å². The fourth-order valence-corrected chi connectivity index (χ4v) is 3.82. The van der Waals surface area contributed by atoms with Crippen LogP contribution in [-0.4, -0.2) is 22.9 Å². The van der Waals surface area contributed by atoms with Gasteiger partial charge in [0, 0.05) is 17.1 Å². The van der Waals surface area contributed by atoms with Gasteiger partial charge in [0.05, 0.1) is 29.5 Å². The summed E-state index contributed by atoms with van der Waals surface area (Å²) in [6.07, 6.45) is 0.843. The summed E-state index contributed by atoms with van der Waals surface area (Å²) < 4.78 is 5.16. The Morgan fingerprint density at radius 1 is 1.36 bits per heavy atom.